The molecule has 94 valence electrons. The van der Waals surface area contributed by atoms with Crippen molar-refractivity contribution in [3.63, 3.8) is 0 Å². The molecule has 2 aromatic heterocycles. The Morgan fingerprint density at radius 2 is 2.33 bits per heavy atom. The van der Waals surface area contributed by atoms with Crippen LogP contribution < -0.4 is 5.32 Å². The van der Waals surface area contributed by atoms with Crippen LogP contribution in [0.2, 0.25) is 0 Å². The first-order chi connectivity index (χ1) is 8.79. The fourth-order valence-corrected chi connectivity index (χ4v) is 1.91. The molecular weight excluding hydrogens is 252 g/mol. The van der Waals surface area contributed by atoms with Gasteiger partial charge in [-0.1, -0.05) is 0 Å². The van der Waals surface area contributed by atoms with Gasteiger partial charge in [-0.3, -0.25) is 0 Å². The van der Waals surface area contributed by atoms with E-state index in [4.69, 9.17) is 0 Å². The van der Waals surface area contributed by atoms with E-state index in [1.165, 1.54) is 7.11 Å². The second kappa shape index (κ2) is 6.06. The second-order valence-electron chi connectivity index (χ2n) is 3.45. The number of carbonyl (C=O) groups excluding carboxylic acids is 1. The molecule has 0 aromatic carbocycles. The molecule has 0 radical (unpaired) electrons. The summed E-state index contributed by atoms with van der Waals surface area (Å²) in [6, 6.07) is 3.27. The van der Waals surface area contributed by atoms with Gasteiger partial charge in [0.15, 0.2) is 5.69 Å². The molecule has 2 aromatic rings. The first-order valence-electron chi connectivity index (χ1n) is 5.32. The van der Waals surface area contributed by atoms with Gasteiger partial charge >= 0.3 is 5.97 Å². The van der Waals surface area contributed by atoms with Crippen LogP contribution in [0.25, 0.3) is 0 Å². The van der Waals surface area contributed by atoms with Crippen molar-refractivity contribution >= 4 is 23.1 Å². The number of nitrogens with zero attached hydrogens (tertiary/aromatic N) is 3. The van der Waals surface area contributed by atoms with Crippen LogP contribution >= 0.6 is 11.3 Å². The van der Waals surface area contributed by atoms with Gasteiger partial charge in [0.2, 0.25) is 0 Å². The lowest BCUT2D eigenvalue weighted by Gasteiger charge is -2.03. The van der Waals surface area contributed by atoms with E-state index >= 15 is 0 Å². The molecule has 0 unspecified atom stereocenters. The monoisotopic (exact) mass is 264 g/mol. The summed E-state index contributed by atoms with van der Waals surface area (Å²) in [7, 11) is 1.31. The van der Waals surface area contributed by atoms with Crippen molar-refractivity contribution in [3.8, 4) is 0 Å². The number of methoxy groups -OCH3 is 1. The molecule has 2 rings (SSSR count). The SMILES string of the molecule is COC(=O)c1ccc(NCCc2cscn2)nn1. The van der Waals surface area contributed by atoms with Crippen molar-refractivity contribution in [2.45, 2.75) is 6.42 Å². The van der Waals surface area contributed by atoms with Crippen molar-refractivity contribution in [1.29, 1.82) is 0 Å². The van der Waals surface area contributed by atoms with Crippen LogP contribution in [0.3, 0.4) is 0 Å². The molecule has 2 heterocycles. The largest absolute Gasteiger partial charge is 0.464 e. The quantitative estimate of drug-likeness (QED) is 0.822. The van der Waals surface area contributed by atoms with Gasteiger partial charge in [-0.2, -0.15) is 0 Å². The van der Waals surface area contributed by atoms with E-state index in [-0.39, 0.29) is 5.69 Å². The van der Waals surface area contributed by atoms with Crippen LogP contribution in [0.4, 0.5) is 5.82 Å². The number of ether oxygens (including phenoxy) is 1. The summed E-state index contributed by atoms with van der Waals surface area (Å²) >= 11 is 1.58. The molecule has 0 amide bonds. The van der Waals surface area contributed by atoms with Crippen molar-refractivity contribution in [2.24, 2.45) is 0 Å². The van der Waals surface area contributed by atoms with E-state index in [1.807, 2.05) is 5.38 Å². The van der Waals surface area contributed by atoms with Gasteiger partial charge in [0.25, 0.3) is 0 Å². The maximum atomic E-state index is 11.1. The van der Waals surface area contributed by atoms with Crippen LogP contribution in [0.5, 0.6) is 0 Å². The highest BCUT2D eigenvalue weighted by molar-refractivity contribution is 7.07. The Balaban J connectivity index is 1.85. The Labute approximate surface area is 108 Å². The fourth-order valence-electron chi connectivity index (χ4n) is 1.32. The zero-order valence-electron chi connectivity index (χ0n) is 9.79. The lowest BCUT2D eigenvalue weighted by atomic mass is 10.3. The maximum absolute atomic E-state index is 11.1. The second-order valence-corrected chi connectivity index (χ2v) is 4.17. The van der Waals surface area contributed by atoms with Gasteiger partial charge in [0.05, 0.1) is 18.3 Å². The summed E-state index contributed by atoms with van der Waals surface area (Å²) in [5, 5.41) is 12.8. The molecule has 0 aliphatic rings. The van der Waals surface area contributed by atoms with E-state index < -0.39 is 5.97 Å². The van der Waals surface area contributed by atoms with Crippen LogP contribution in [0.15, 0.2) is 23.0 Å². The Morgan fingerprint density at radius 1 is 1.44 bits per heavy atom. The molecule has 0 saturated carbocycles. The highest BCUT2D eigenvalue weighted by atomic mass is 32.1. The number of anilines is 1. The molecule has 0 saturated heterocycles. The lowest BCUT2D eigenvalue weighted by Crippen LogP contribution is -2.10. The third kappa shape index (κ3) is 3.24. The summed E-state index contributed by atoms with van der Waals surface area (Å²) in [5.41, 5.74) is 3.05. The third-order valence-corrected chi connectivity index (χ3v) is 2.87. The average Bonchev–Trinajstić information content (AvgIpc) is 2.92. The first kappa shape index (κ1) is 12.4. The van der Waals surface area contributed by atoms with Crippen LogP contribution in [-0.4, -0.2) is 34.8 Å². The smallest absolute Gasteiger partial charge is 0.358 e. The minimum Gasteiger partial charge on any atom is -0.464 e. The van der Waals surface area contributed by atoms with Gasteiger partial charge in [-0.25, -0.2) is 9.78 Å². The number of hydrogen-bond acceptors (Lipinski definition) is 7. The molecule has 0 spiro atoms. The number of hydrogen-bond donors (Lipinski definition) is 1. The highest BCUT2D eigenvalue weighted by Crippen LogP contribution is 2.05. The standard InChI is InChI=1S/C11H12N4O2S/c1-17-11(16)9-2-3-10(15-14-9)12-5-4-8-6-18-7-13-8/h2-3,6-7H,4-5H2,1H3,(H,12,15). The first-order valence-corrected chi connectivity index (χ1v) is 6.27. The fraction of sp³-hybridized carbons (Fsp3) is 0.273. The van der Waals surface area contributed by atoms with Crippen LogP contribution in [-0.2, 0) is 11.2 Å². The Kier molecular flexibility index (Phi) is 4.19. The number of esters is 1. The Hall–Kier alpha value is -2.02. The average molecular weight is 264 g/mol. The zero-order valence-corrected chi connectivity index (χ0v) is 10.6. The minimum absolute atomic E-state index is 0.197. The van der Waals surface area contributed by atoms with Crippen molar-refractivity contribution in [3.05, 3.63) is 34.4 Å². The predicted molar refractivity (Wildman–Crippen MR) is 67.7 cm³/mol. The number of thiazole rings is 1. The normalized spacial score (nSPS) is 10.1. The van der Waals surface area contributed by atoms with Gasteiger partial charge in [0, 0.05) is 18.3 Å². The highest BCUT2D eigenvalue weighted by Gasteiger charge is 2.07. The molecule has 0 aliphatic carbocycles. The van der Waals surface area contributed by atoms with Crippen molar-refractivity contribution in [2.75, 3.05) is 19.0 Å². The van der Waals surface area contributed by atoms with E-state index in [0.717, 1.165) is 18.7 Å². The van der Waals surface area contributed by atoms with Crippen molar-refractivity contribution < 1.29 is 9.53 Å². The third-order valence-electron chi connectivity index (χ3n) is 2.23. The van der Waals surface area contributed by atoms with Crippen LogP contribution in [0.1, 0.15) is 16.2 Å². The van der Waals surface area contributed by atoms with E-state index in [9.17, 15) is 4.79 Å². The molecule has 0 aliphatic heterocycles. The molecule has 0 atom stereocenters. The van der Waals surface area contributed by atoms with Gasteiger partial charge in [-0.05, 0) is 12.1 Å². The number of carbonyl (C=O) groups is 1. The van der Waals surface area contributed by atoms with E-state index in [2.05, 4.69) is 25.2 Å². The summed E-state index contributed by atoms with van der Waals surface area (Å²) in [4.78, 5) is 15.3. The molecule has 6 nitrogen and oxygen atoms in total. The predicted octanol–water partition coefficient (Wildman–Crippen LogP) is 1.37. The molecule has 18 heavy (non-hydrogen) atoms. The molecule has 1 N–H and O–H groups in total. The van der Waals surface area contributed by atoms with E-state index in [0.29, 0.717) is 5.82 Å². The topological polar surface area (TPSA) is 77.0 Å². The van der Waals surface area contributed by atoms with Gasteiger partial charge in [-0.15, -0.1) is 21.5 Å². The molecule has 7 heteroatoms. The summed E-state index contributed by atoms with van der Waals surface area (Å²) in [6.07, 6.45) is 0.823. The van der Waals surface area contributed by atoms with Gasteiger partial charge < -0.3 is 10.1 Å². The molecule has 0 fully saturated rings. The minimum atomic E-state index is -0.489. The maximum Gasteiger partial charge on any atom is 0.358 e. The summed E-state index contributed by atoms with van der Waals surface area (Å²) in [5.74, 6) is 0.134. The summed E-state index contributed by atoms with van der Waals surface area (Å²) < 4.78 is 4.54. The number of nitrogens with one attached hydrogen (secondary N) is 1. The Morgan fingerprint density at radius 3 is 2.94 bits per heavy atom. The van der Waals surface area contributed by atoms with E-state index in [1.54, 1.807) is 29.0 Å². The number of aromatic nitrogens is 3. The van der Waals surface area contributed by atoms with Gasteiger partial charge in [0.1, 0.15) is 5.82 Å². The lowest BCUT2D eigenvalue weighted by molar-refractivity contribution is 0.0593. The number of rotatable bonds is 5. The van der Waals surface area contributed by atoms with Crippen molar-refractivity contribution in [1.82, 2.24) is 15.2 Å². The summed E-state index contributed by atoms with van der Waals surface area (Å²) in [6.45, 7) is 0.718. The zero-order chi connectivity index (χ0) is 12.8. The molecular formula is C11H12N4O2S. The molecule has 0 bridgehead atoms. The van der Waals surface area contributed by atoms with Crippen LogP contribution in [0, 0.1) is 0 Å². The Bertz CT molecular complexity index is 498.